The predicted molar refractivity (Wildman–Crippen MR) is 82.5 cm³/mol. The highest BCUT2D eigenvalue weighted by molar-refractivity contribution is 5.61. The van der Waals surface area contributed by atoms with E-state index in [2.05, 4.69) is 48.4 Å². The van der Waals surface area contributed by atoms with Crippen LogP contribution in [0.5, 0.6) is 0 Å². The highest BCUT2D eigenvalue weighted by Crippen LogP contribution is 2.22. The van der Waals surface area contributed by atoms with E-state index in [0.717, 1.165) is 36.3 Å². The lowest BCUT2D eigenvalue weighted by Crippen LogP contribution is -2.11. The van der Waals surface area contributed by atoms with Gasteiger partial charge in [0.25, 0.3) is 0 Å². The van der Waals surface area contributed by atoms with Crippen LogP contribution in [0.2, 0.25) is 0 Å². The first-order chi connectivity index (χ1) is 9.76. The Morgan fingerprint density at radius 2 is 1.90 bits per heavy atom. The molecule has 2 N–H and O–H groups in total. The van der Waals surface area contributed by atoms with Gasteiger partial charge in [0.2, 0.25) is 0 Å². The minimum Gasteiger partial charge on any atom is -0.330 e. The number of nitrogens with zero attached hydrogens (tertiary/aromatic N) is 3. The molecule has 0 fully saturated rings. The summed E-state index contributed by atoms with van der Waals surface area (Å²) in [5, 5.41) is 8.69. The lowest BCUT2D eigenvalue weighted by molar-refractivity contribution is 0.520. The Kier molecular flexibility index (Phi) is 5.30. The molecule has 0 aliphatic carbocycles. The zero-order valence-electron chi connectivity index (χ0n) is 12.5. The Morgan fingerprint density at radius 1 is 1.15 bits per heavy atom. The molecule has 0 unspecified atom stereocenters. The van der Waals surface area contributed by atoms with E-state index < -0.39 is 0 Å². The third-order valence-corrected chi connectivity index (χ3v) is 3.52. The molecular weight excluding hydrogens is 248 g/mol. The molecule has 0 spiro atoms. The lowest BCUT2D eigenvalue weighted by Gasteiger charge is -2.07. The molecule has 0 amide bonds. The van der Waals surface area contributed by atoms with Gasteiger partial charge in [-0.25, -0.2) is 4.68 Å². The molecule has 2 rings (SSSR count). The van der Waals surface area contributed by atoms with Crippen molar-refractivity contribution in [3.63, 3.8) is 0 Å². The molecule has 0 saturated heterocycles. The van der Waals surface area contributed by atoms with Crippen molar-refractivity contribution in [1.29, 1.82) is 0 Å². The van der Waals surface area contributed by atoms with Gasteiger partial charge in [-0.3, -0.25) is 0 Å². The lowest BCUT2D eigenvalue weighted by atomic mass is 10.1. The number of aromatic nitrogens is 3. The van der Waals surface area contributed by atoms with E-state index >= 15 is 0 Å². The van der Waals surface area contributed by atoms with E-state index in [1.807, 2.05) is 4.68 Å². The molecule has 0 radical (unpaired) electrons. The van der Waals surface area contributed by atoms with Crippen LogP contribution in [0.4, 0.5) is 0 Å². The van der Waals surface area contributed by atoms with Crippen LogP contribution in [-0.2, 0) is 13.0 Å². The minimum atomic E-state index is 0.625. The van der Waals surface area contributed by atoms with Crippen LogP contribution in [-0.4, -0.2) is 21.5 Å². The zero-order valence-corrected chi connectivity index (χ0v) is 12.5. The first-order valence-corrected chi connectivity index (χ1v) is 7.45. The maximum absolute atomic E-state index is 5.75. The van der Waals surface area contributed by atoms with Crippen molar-refractivity contribution in [2.75, 3.05) is 6.54 Å². The molecule has 0 atom stereocenters. The van der Waals surface area contributed by atoms with Crippen molar-refractivity contribution < 1.29 is 0 Å². The Balaban J connectivity index is 2.25. The molecule has 4 heteroatoms. The van der Waals surface area contributed by atoms with Gasteiger partial charge in [0.05, 0.1) is 5.69 Å². The summed E-state index contributed by atoms with van der Waals surface area (Å²) in [4.78, 5) is 0. The van der Waals surface area contributed by atoms with Crippen molar-refractivity contribution >= 4 is 0 Å². The van der Waals surface area contributed by atoms with Gasteiger partial charge in [0.15, 0.2) is 0 Å². The Morgan fingerprint density at radius 3 is 2.55 bits per heavy atom. The molecule has 1 heterocycles. The zero-order chi connectivity index (χ0) is 14.4. The average Bonchev–Trinajstić information content (AvgIpc) is 2.84. The molecule has 0 aliphatic heterocycles. The van der Waals surface area contributed by atoms with E-state index in [9.17, 15) is 0 Å². The topological polar surface area (TPSA) is 56.7 Å². The second-order valence-electron chi connectivity index (χ2n) is 5.22. The largest absolute Gasteiger partial charge is 0.330 e. The maximum atomic E-state index is 5.75. The Labute approximate surface area is 121 Å². The molecule has 1 aromatic carbocycles. The normalized spacial score (nSPS) is 10.9. The van der Waals surface area contributed by atoms with Gasteiger partial charge < -0.3 is 5.73 Å². The summed E-state index contributed by atoms with van der Waals surface area (Å²) < 4.78 is 2.03. The second-order valence-corrected chi connectivity index (χ2v) is 5.22. The Bertz CT molecular complexity index is 528. The van der Waals surface area contributed by atoms with Crippen LogP contribution >= 0.6 is 0 Å². The smallest absolute Gasteiger partial charge is 0.116 e. The summed E-state index contributed by atoms with van der Waals surface area (Å²) in [6.45, 7) is 5.86. The number of benzene rings is 1. The van der Waals surface area contributed by atoms with Crippen molar-refractivity contribution in [3.05, 3.63) is 35.5 Å². The first-order valence-electron chi connectivity index (χ1n) is 7.45. The van der Waals surface area contributed by atoms with Gasteiger partial charge >= 0.3 is 0 Å². The standard InChI is InChI=1S/C16H24N4/c1-3-4-5-12-20-15(10-11-17)16(18-19-20)14-8-6-13(2)7-9-14/h6-9H,3-5,10-12,17H2,1-2H3. The summed E-state index contributed by atoms with van der Waals surface area (Å²) in [5.41, 5.74) is 10.3. The first kappa shape index (κ1) is 14.7. The molecule has 1 aromatic heterocycles. The number of aryl methyl sites for hydroxylation is 2. The third kappa shape index (κ3) is 3.45. The van der Waals surface area contributed by atoms with E-state index in [0.29, 0.717) is 6.54 Å². The minimum absolute atomic E-state index is 0.625. The number of nitrogens with two attached hydrogens (primary N) is 1. The van der Waals surface area contributed by atoms with Gasteiger partial charge in [-0.05, 0) is 19.9 Å². The molecule has 0 bridgehead atoms. The number of hydrogen-bond donors (Lipinski definition) is 1. The number of hydrogen-bond acceptors (Lipinski definition) is 3. The van der Waals surface area contributed by atoms with Crippen LogP contribution in [0.3, 0.4) is 0 Å². The third-order valence-electron chi connectivity index (χ3n) is 3.52. The van der Waals surface area contributed by atoms with Gasteiger partial charge in [0, 0.05) is 18.5 Å². The number of rotatable bonds is 7. The quantitative estimate of drug-likeness (QED) is 0.788. The van der Waals surface area contributed by atoms with Crippen molar-refractivity contribution in [2.45, 2.75) is 46.1 Å². The van der Waals surface area contributed by atoms with Crippen LogP contribution in [0.15, 0.2) is 24.3 Å². The van der Waals surface area contributed by atoms with Gasteiger partial charge in [0.1, 0.15) is 5.69 Å². The van der Waals surface area contributed by atoms with Crippen molar-refractivity contribution in [1.82, 2.24) is 15.0 Å². The summed E-state index contributed by atoms with van der Waals surface area (Å²) in [6, 6.07) is 8.43. The van der Waals surface area contributed by atoms with E-state index in [1.165, 1.54) is 18.4 Å². The highest BCUT2D eigenvalue weighted by Gasteiger charge is 2.13. The summed E-state index contributed by atoms with van der Waals surface area (Å²) in [5.74, 6) is 0. The average molecular weight is 272 g/mol. The molecule has 2 aromatic rings. The van der Waals surface area contributed by atoms with Crippen LogP contribution in [0.1, 0.15) is 37.4 Å². The van der Waals surface area contributed by atoms with Crippen LogP contribution in [0.25, 0.3) is 11.3 Å². The summed E-state index contributed by atoms with van der Waals surface area (Å²) >= 11 is 0. The fourth-order valence-electron chi connectivity index (χ4n) is 2.34. The fraction of sp³-hybridized carbons (Fsp3) is 0.500. The molecule has 4 nitrogen and oxygen atoms in total. The monoisotopic (exact) mass is 272 g/mol. The van der Waals surface area contributed by atoms with Gasteiger partial charge in [-0.15, -0.1) is 5.10 Å². The van der Waals surface area contributed by atoms with E-state index in [1.54, 1.807) is 0 Å². The summed E-state index contributed by atoms with van der Waals surface area (Å²) in [7, 11) is 0. The maximum Gasteiger partial charge on any atom is 0.116 e. The second kappa shape index (κ2) is 7.20. The van der Waals surface area contributed by atoms with Crippen molar-refractivity contribution in [3.8, 4) is 11.3 Å². The molecular formula is C16H24N4. The molecule has 20 heavy (non-hydrogen) atoms. The molecule has 108 valence electrons. The van der Waals surface area contributed by atoms with Crippen LogP contribution < -0.4 is 5.73 Å². The van der Waals surface area contributed by atoms with Gasteiger partial charge in [-0.1, -0.05) is 54.8 Å². The Hall–Kier alpha value is -1.68. The molecule has 0 aliphatic rings. The number of unbranched alkanes of at least 4 members (excludes halogenated alkanes) is 2. The summed E-state index contributed by atoms with van der Waals surface area (Å²) in [6.07, 6.45) is 4.40. The van der Waals surface area contributed by atoms with Crippen LogP contribution in [0, 0.1) is 6.92 Å². The predicted octanol–water partition coefficient (Wildman–Crippen LogP) is 2.94. The fourth-order valence-corrected chi connectivity index (χ4v) is 2.34. The van der Waals surface area contributed by atoms with E-state index in [-0.39, 0.29) is 0 Å². The molecule has 0 saturated carbocycles. The highest BCUT2D eigenvalue weighted by atomic mass is 15.4. The van der Waals surface area contributed by atoms with E-state index in [4.69, 9.17) is 5.73 Å². The van der Waals surface area contributed by atoms with Crippen molar-refractivity contribution in [2.24, 2.45) is 5.73 Å². The van der Waals surface area contributed by atoms with Gasteiger partial charge in [-0.2, -0.15) is 0 Å². The SMILES string of the molecule is CCCCCn1nnc(-c2ccc(C)cc2)c1CCN.